The second-order valence-electron chi connectivity index (χ2n) is 6.02. The van der Waals surface area contributed by atoms with Gasteiger partial charge in [0.1, 0.15) is 5.69 Å². The standard InChI is InChI=1S/C16H21N3O.ClH/c1-16(11-17)7-8-19(12-16)10-14-9-15(18-20-14)13-5-3-2-4-6-13;/h2-6,9H,7-8,10-12,17H2,1H3;1H. The molecule has 1 saturated heterocycles. The van der Waals surface area contributed by atoms with Gasteiger partial charge in [-0.2, -0.15) is 0 Å². The van der Waals surface area contributed by atoms with Crippen molar-refractivity contribution in [2.24, 2.45) is 11.1 Å². The van der Waals surface area contributed by atoms with Crippen LogP contribution in [0.5, 0.6) is 0 Å². The van der Waals surface area contributed by atoms with Crippen molar-refractivity contribution in [2.75, 3.05) is 19.6 Å². The Balaban J connectivity index is 0.00000161. The van der Waals surface area contributed by atoms with Crippen molar-refractivity contribution in [2.45, 2.75) is 19.9 Å². The zero-order chi connectivity index (χ0) is 14.0. The molecule has 2 N–H and O–H groups in total. The maximum atomic E-state index is 5.84. The average molecular weight is 308 g/mol. The third kappa shape index (κ3) is 3.64. The number of benzene rings is 1. The van der Waals surface area contributed by atoms with Crippen LogP contribution in [-0.2, 0) is 6.54 Å². The lowest BCUT2D eigenvalue weighted by molar-refractivity contribution is 0.243. The van der Waals surface area contributed by atoms with E-state index in [4.69, 9.17) is 10.3 Å². The quantitative estimate of drug-likeness (QED) is 0.943. The Kier molecular flexibility index (Phi) is 5.04. The summed E-state index contributed by atoms with van der Waals surface area (Å²) >= 11 is 0. The highest BCUT2D eigenvalue weighted by atomic mass is 35.5. The van der Waals surface area contributed by atoms with Crippen molar-refractivity contribution >= 4 is 12.4 Å². The fourth-order valence-corrected chi connectivity index (χ4v) is 2.78. The Morgan fingerprint density at radius 3 is 2.76 bits per heavy atom. The van der Waals surface area contributed by atoms with Crippen molar-refractivity contribution in [1.82, 2.24) is 10.1 Å². The van der Waals surface area contributed by atoms with Crippen LogP contribution in [0.25, 0.3) is 11.3 Å². The molecule has 0 amide bonds. The molecule has 1 atom stereocenters. The molecule has 1 unspecified atom stereocenters. The molecule has 114 valence electrons. The molecular weight excluding hydrogens is 286 g/mol. The molecule has 0 aliphatic carbocycles. The molecule has 5 heteroatoms. The number of hydrogen-bond acceptors (Lipinski definition) is 4. The van der Waals surface area contributed by atoms with E-state index in [2.05, 4.69) is 17.0 Å². The molecule has 0 spiro atoms. The minimum absolute atomic E-state index is 0. The van der Waals surface area contributed by atoms with Gasteiger partial charge >= 0.3 is 0 Å². The Morgan fingerprint density at radius 1 is 1.33 bits per heavy atom. The largest absolute Gasteiger partial charge is 0.359 e. The first kappa shape index (κ1) is 16.0. The van der Waals surface area contributed by atoms with E-state index < -0.39 is 0 Å². The number of likely N-dealkylation sites (tertiary alicyclic amines) is 1. The summed E-state index contributed by atoms with van der Waals surface area (Å²) in [6, 6.07) is 12.1. The Hall–Kier alpha value is -1.36. The highest BCUT2D eigenvalue weighted by Gasteiger charge is 2.32. The second-order valence-corrected chi connectivity index (χ2v) is 6.02. The molecule has 0 saturated carbocycles. The van der Waals surface area contributed by atoms with Crippen LogP contribution >= 0.6 is 12.4 Å². The van der Waals surface area contributed by atoms with Crippen molar-refractivity contribution in [3.8, 4) is 11.3 Å². The predicted molar refractivity (Wildman–Crippen MR) is 86.2 cm³/mol. The van der Waals surface area contributed by atoms with E-state index >= 15 is 0 Å². The molecule has 0 radical (unpaired) electrons. The summed E-state index contributed by atoms with van der Waals surface area (Å²) in [6.07, 6.45) is 1.16. The van der Waals surface area contributed by atoms with E-state index in [1.165, 1.54) is 0 Å². The monoisotopic (exact) mass is 307 g/mol. The maximum absolute atomic E-state index is 5.84. The molecule has 1 aliphatic heterocycles. The fraction of sp³-hybridized carbons (Fsp3) is 0.438. The van der Waals surface area contributed by atoms with Crippen LogP contribution < -0.4 is 5.73 Å². The molecule has 21 heavy (non-hydrogen) atoms. The number of nitrogens with zero attached hydrogens (tertiary/aromatic N) is 2. The lowest BCUT2D eigenvalue weighted by Gasteiger charge is -2.21. The molecular formula is C16H22ClN3O. The summed E-state index contributed by atoms with van der Waals surface area (Å²) < 4.78 is 5.46. The summed E-state index contributed by atoms with van der Waals surface area (Å²) in [5.41, 5.74) is 8.09. The van der Waals surface area contributed by atoms with Gasteiger partial charge in [0, 0.05) is 18.2 Å². The first-order valence-corrected chi connectivity index (χ1v) is 7.12. The lowest BCUT2D eigenvalue weighted by Crippen LogP contribution is -2.31. The van der Waals surface area contributed by atoms with Gasteiger partial charge in [-0.3, -0.25) is 4.90 Å². The van der Waals surface area contributed by atoms with Crippen molar-refractivity contribution in [3.05, 3.63) is 42.2 Å². The van der Waals surface area contributed by atoms with Crippen molar-refractivity contribution in [1.29, 1.82) is 0 Å². The third-order valence-corrected chi connectivity index (χ3v) is 4.14. The van der Waals surface area contributed by atoms with Gasteiger partial charge in [-0.1, -0.05) is 42.4 Å². The molecule has 3 rings (SSSR count). The Morgan fingerprint density at radius 2 is 2.10 bits per heavy atom. The van der Waals surface area contributed by atoms with Gasteiger partial charge in [0.15, 0.2) is 5.76 Å². The number of aromatic nitrogens is 1. The highest BCUT2D eigenvalue weighted by molar-refractivity contribution is 5.85. The van der Waals surface area contributed by atoms with Gasteiger partial charge in [-0.05, 0) is 24.9 Å². The minimum atomic E-state index is 0. The second kappa shape index (κ2) is 6.60. The molecule has 0 bridgehead atoms. The van der Waals surface area contributed by atoms with Gasteiger partial charge in [-0.15, -0.1) is 12.4 Å². The number of rotatable bonds is 4. The van der Waals surface area contributed by atoms with Gasteiger partial charge in [0.25, 0.3) is 0 Å². The van der Waals surface area contributed by atoms with Gasteiger partial charge in [0.05, 0.1) is 6.54 Å². The first-order valence-electron chi connectivity index (χ1n) is 7.12. The Bertz CT molecular complexity index is 572. The van der Waals surface area contributed by atoms with Crippen LogP contribution in [0.1, 0.15) is 19.1 Å². The number of hydrogen-bond donors (Lipinski definition) is 1. The molecule has 2 aromatic rings. The van der Waals surface area contributed by atoms with Gasteiger partial charge < -0.3 is 10.3 Å². The van der Waals surface area contributed by atoms with E-state index in [0.717, 1.165) is 49.6 Å². The molecule has 2 heterocycles. The zero-order valence-electron chi connectivity index (χ0n) is 12.3. The van der Waals surface area contributed by atoms with E-state index in [-0.39, 0.29) is 17.8 Å². The van der Waals surface area contributed by atoms with Gasteiger partial charge in [0.2, 0.25) is 0 Å². The van der Waals surface area contributed by atoms with Crippen LogP contribution in [-0.4, -0.2) is 29.7 Å². The predicted octanol–water partition coefficient (Wildman–Crippen LogP) is 2.93. The fourth-order valence-electron chi connectivity index (χ4n) is 2.78. The van der Waals surface area contributed by atoms with E-state index in [9.17, 15) is 0 Å². The topological polar surface area (TPSA) is 55.3 Å². The highest BCUT2D eigenvalue weighted by Crippen LogP contribution is 2.30. The normalized spacial score (nSPS) is 22.2. The van der Waals surface area contributed by atoms with Crippen LogP contribution in [0.15, 0.2) is 40.9 Å². The third-order valence-electron chi connectivity index (χ3n) is 4.14. The smallest absolute Gasteiger partial charge is 0.151 e. The first-order chi connectivity index (χ1) is 9.68. The number of nitrogens with two attached hydrogens (primary N) is 1. The zero-order valence-corrected chi connectivity index (χ0v) is 13.1. The summed E-state index contributed by atoms with van der Waals surface area (Å²) in [6.45, 7) is 5.92. The van der Waals surface area contributed by atoms with Crippen LogP contribution in [0.4, 0.5) is 0 Å². The van der Waals surface area contributed by atoms with Crippen molar-refractivity contribution < 1.29 is 4.52 Å². The van der Waals surface area contributed by atoms with Crippen LogP contribution in [0, 0.1) is 5.41 Å². The molecule has 1 fully saturated rings. The maximum Gasteiger partial charge on any atom is 0.151 e. The van der Waals surface area contributed by atoms with E-state index in [1.54, 1.807) is 0 Å². The Labute approximate surface area is 131 Å². The van der Waals surface area contributed by atoms with Crippen LogP contribution in [0.2, 0.25) is 0 Å². The van der Waals surface area contributed by atoms with Crippen LogP contribution in [0.3, 0.4) is 0 Å². The molecule has 1 aromatic heterocycles. The summed E-state index contributed by atoms with van der Waals surface area (Å²) in [5, 5.41) is 4.16. The lowest BCUT2D eigenvalue weighted by atomic mass is 9.90. The molecule has 4 nitrogen and oxygen atoms in total. The number of halogens is 1. The van der Waals surface area contributed by atoms with E-state index in [0.29, 0.717) is 0 Å². The summed E-state index contributed by atoms with van der Waals surface area (Å²) in [4.78, 5) is 2.39. The average Bonchev–Trinajstić information content (AvgIpc) is 3.08. The minimum Gasteiger partial charge on any atom is -0.359 e. The molecule has 1 aliphatic rings. The summed E-state index contributed by atoms with van der Waals surface area (Å²) in [5.74, 6) is 0.921. The van der Waals surface area contributed by atoms with E-state index in [1.807, 2.05) is 36.4 Å². The molecule has 1 aromatic carbocycles. The summed E-state index contributed by atoms with van der Waals surface area (Å²) in [7, 11) is 0. The SMILES string of the molecule is CC1(CN)CCN(Cc2cc(-c3ccccc3)no2)C1.Cl. The van der Waals surface area contributed by atoms with Crippen molar-refractivity contribution in [3.63, 3.8) is 0 Å². The van der Waals surface area contributed by atoms with Gasteiger partial charge in [-0.25, -0.2) is 0 Å².